The Hall–Kier alpha value is 1.41. The molecule has 0 atom stereocenters. The molecular formula is C7H11Cl2Nd. The zero-order valence-corrected chi connectivity index (χ0v) is 11.1. The van der Waals surface area contributed by atoms with Crippen LogP contribution in [-0.2, 0) is 0 Å². The molecule has 0 aliphatic heterocycles. The topological polar surface area (TPSA) is 0 Å². The first-order chi connectivity index (χ1) is 4.52. The van der Waals surface area contributed by atoms with Gasteiger partial charge in [-0.25, -0.2) is 0 Å². The Morgan fingerprint density at radius 2 is 1.70 bits per heavy atom. The molecule has 0 amide bonds. The zero-order valence-electron chi connectivity index (χ0n) is 6.41. The molecule has 0 N–H and O–H groups in total. The predicted molar refractivity (Wildman–Crippen MR) is 44.9 cm³/mol. The zero-order chi connectivity index (χ0) is 8.15. The van der Waals surface area contributed by atoms with Crippen LogP contribution in [0.25, 0.3) is 0 Å². The van der Waals surface area contributed by atoms with Crippen molar-refractivity contribution in [2.75, 3.05) is 0 Å². The second kappa shape index (κ2) is 5.99. The van der Waals surface area contributed by atoms with Gasteiger partial charge in [0.1, 0.15) is 0 Å². The third kappa shape index (κ3) is 7.52. The Balaban J connectivity index is 4.08. The molecule has 0 aromatic rings. The number of halogens is 2. The minimum atomic E-state index is -2.17. The molecule has 0 bridgehead atoms. The van der Waals surface area contributed by atoms with Crippen LogP contribution < -0.4 is 0 Å². The van der Waals surface area contributed by atoms with Gasteiger partial charge in [-0.1, -0.05) is 0 Å². The minimum absolute atomic E-state index is 1.20. The Labute approximate surface area is 81.5 Å². The summed E-state index contributed by atoms with van der Waals surface area (Å²) in [4.78, 5) is 0. The third-order valence-corrected chi connectivity index (χ3v) is 4.63. The monoisotopic (exact) mass is 307 g/mol. The van der Waals surface area contributed by atoms with Gasteiger partial charge in [0, 0.05) is 0 Å². The van der Waals surface area contributed by atoms with Crippen LogP contribution in [0.3, 0.4) is 0 Å². The molecule has 10 heavy (non-hydrogen) atoms. The van der Waals surface area contributed by atoms with E-state index in [4.69, 9.17) is 11.6 Å². The summed E-state index contributed by atoms with van der Waals surface area (Å²) < 4.78 is 2.01. The molecule has 57 valence electrons. The van der Waals surface area contributed by atoms with Gasteiger partial charge in [0.25, 0.3) is 0 Å². The average molecular weight is 310 g/mol. The SMILES string of the molecule is CC(C)=CC(C)=[CH][Nd]([Cl])[Cl]. The van der Waals surface area contributed by atoms with Crippen molar-refractivity contribution in [1.29, 1.82) is 0 Å². The summed E-state index contributed by atoms with van der Waals surface area (Å²) >= 11 is -2.17. The summed E-state index contributed by atoms with van der Waals surface area (Å²) in [6.07, 6.45) is 2.09. The van der Waals surface area contributed by atoms with E-state index in [0.29, 0.717) is 0 Å². The maximum atomic E-state index is 5.73. The van der Waals surface area contributed by atoms with Gasteiger partial charge in [0.2, 0.25) is 0 Å². The summed E-state index contributed by atoms with van der Waals surface area (Å²) in [7, 11) is 0. The fourth-order valence-electron chi connectivity index (χ4n) is 0.669. The molecule has 0 aromatic heterocycles. The van der Waals surface area contributed by atoms with Crippen molar-refractivity contribution >= 4 is 11.6 Å². The van der Waals surface area contributed by atoms with Crippen molar-refractivity contribution < 1.29 is 31.5 Å². The Kier molecular flexibility index (Phi) is 6.83. The van der Waals surface area contributed by atoms with Crippen LogP contribution in [-0.4, -0.2) is 0 Å². The predicted octanol–water partition coefficient (Wildman–Crippen LogP) is 3.78. The first-order valence-electron chi connectivity index (χ1n) is 3.03. The van der Waals surface area contributed by atoms with E-state index in [9.17, 15) is 0 Å². The van der Waals surface area contributed by atoms with Gasteiger partial charge in [-0.05, 0) is 0 Å². The molecular weight excluding hydrogens is 299 g/mol. The van der Waals surface area contributed by atoms with E-state index in [1.807, 2.05) is 8.65 Å². The summed E-state index contributed by atoms with van der Waals surface area (Å²) in [5, 5.41) is 0. The van der Waals surface area contributed by atoms with Gasteiger partial charge in [-0.3, -0.25) is 0 Å². The number of hydrogen-bond donors (Lipinski definition) is 0. The van der Waals surface area contributed by atoms with E-state index in [1.54, 1.807) is 0 Å². The third-order valence-electron chi connectivity index (χ3n) is 0.853. The fourth-order valence-corrected chi connectivity index (χ4v) is 4.59. The van der Waals surface area contributed by atoms with E-state index >= 15 is 0 Å². The molecule has 0 saturated heterocycles. The van der Waals surface area contributed by atoms with Gasteiger partial charge in [0.15, 0.2) is 0 Å². The molecule has 0 aromatic carbocycles. The van der Waals surface area contributed by atoms with Gasteiger partial charge in [0.05, 0.1) is 0 Å². The van der Waals surface area contributed by atoms with Gasteiger partial charge < -0.3 is 0 Å². The average Bonchev–Trinajstić information content (AvgIpc) is 1.58. The van der Waals surface area contributed by atoms with Gasteiger partial charge >= 0.3 is 82.8 Å². The first-order valence-corrected chi connectivity index (χ1v) is 12.9. The molecule has 0 spiro atoms. The molecule has 0 heterocycles. The summed E-state index contributed by atoms with van der Waals surface area (Å²) in [6.45, 7) is 6.15. The maximum absolute atomic E-state index is 5.73. The van der Waals surface area contributed by atoms with E-state index in [0.717, 1.165) is 0 Å². The Bertz CT molecular complexity index is 155. The van der Waals surface area contributed by atoms with Crippen molar-refractivity contribution in [2.24, 2.45) is 0 Å². The molecule has 0 nitrogen and oxygen atoms in total. The van der Waals surface area contributed by atoms with Crippen LogP contribution in [0, 0.1) is 31.5 Å². The number of rotatable bonds is 2. The first kappa shape index (κ1) is 11.4. The fraction of sp³-hybridized carbons (Fsp3) is 0.429. The van der Waals surface area contributed by atoms with Gasteiger partial charge in [-0.2, -0.15) is 0 Å². The van der Waals surface area contributed by atoms with E-state index in [1.165, 1.54) is 11.1 Å². The van der Waals surface area contributed by atoms with Crippen LogP contribution in [0.2, 0.25) is 0 Å². The summed E-state index contributed by atoms with van der Waals surface area (Å²) in [5.41, 5.74) is 2.49. The van der Waals surface area contributed by atoms with E-state index in [-0.39, 0.29) is 0 Å². The molecule has 0 aliphatic rings. The molecule has 0 radical (unpaired) electrons. The molecule has 0 unspecified atom stereocenters. The van der Waals surface area contributed by atoms with Crippen molar-refractivity contribution in [3.63, 3.8) is 0 Å². The van der Waals surface area contributed by atoms with Crippen LogP contribution in [0.15, 0.2) is 18.9 Å². The normalized spacial score (nSPS) is 11.1. The van der Waals surface area contributed by atoms with Crippen molar-refractivity contribution in [2.45, 2.75) is 20.8 Å². The van der Waals surface area contributed by atoms with Crippen LogP contribution in [0.1, 0.15) is 20.8 Å². The Morgan fingerprint density at radius 3 is 2.00 bits per heavy atom. The molecule has 3 heteroatoms. The van der Waals surface area contributed by atoms with E-state index in [2.05, 4.69) is 19.9 Å². The van der Waals surface area contributed by atoms with Crippen LogP contribution in [0.4, 0.5) is 0 Å². The number of allylic oxidation sites excluding steroid dienone is 3. The van der Waals surface area contributed by atoms with Crippen molar-refractivity contribution in [1.82, 2.24) is 0 Å². The summed E-state index contributed by atoms with van der Waals surface area (Å²) in [6, 6.07) is 0. The van der Waals surface area contributed by atoms with Gasteiger partial charge in [-0.15, -0.1) is 0 Å². The molecule has 0 rings (SSSR count). The second-order valence-corrected chi connectivity index (χ2v) is 12.7. The van der Waals surface area contributed by atoms with Crippen LogP contribution in [0.5, 0.6) is 0 Å². The molecule has 0 aliphatic carbocycles. The summed E-state index contributed by atoms with van der Waals surface area (Å²) in [5.74, 6) is 11.5. The van der Waals surface area contributed by atoms with Crippen molar-refractivity contribution in [3.8, 4) is 0 Å². The van der Waals surface area contributed by atoms with E-state index < -0.39 is 31.5 Å². The second-order valence-electron chi connectivity index (χ2n) is 2.40. The van der Waals surface area contributed by atoms with Crippen LogP contribution >= 0.6 is 11.6 Å². The standard InChI is InChI=1S/C7H11.2ClH.Nd/c1-6(2)5-7(3)4;;;/h1,5H,2-4H3;2*1H;/q;;;+2/p-2. The Morgan fingerprint density at radius 1 is 1.20 bits per heavy atom. The number of hydrogen-bond acceptors (Lipinski definition) is 0. The quantitative estimate of drug-likeness (QED) is 0.681. The molecule has 0 saturated carbocycles. The molecule has 0 fully saturated rings. The van der Waals surface area contributed by atoms with Crippen molar-refractivity contribution in [3.05, 3.63) is 18.9 Å².